The number of sulfone groups is 2. The Kier molecular flexibility index (Phi) is 18.3. The number of hydrogen-bond donors (Lipinski definition) is 2. The number of rotatable bonds is 18. The lowest BCUT2D eigenvalue weighted by Gasteiger charge is -2.16. The van der Waals surface area contributed by atoms with Crippen molar-refractivity contribution in [2.24, 2.45) is 11.8 Å². The Morgan fingerprint density at radius 3 is 1.49 bits per heavy atom. The second kappa shape index (κ2) is 23.9. The highest BCUT2D eigenvalue weighted by Gasteiger charge is 2.27. The van der Waals surface area contributed by atoms with Gasteiger partial charge in [-0.05, 0) is 144 Å². The average Bonchev–Trinajstić information content (AvgIpc) is 3.30. The lowest BCUT2D eigenvalue weighted by Crippen LogP contribution is -2.19. The van der Waals surface area contributed by atoms with E-state index in [1.807, 2.05) is 53.7 Å². The van der Waals surface area contributed by atoms with Gasteiger partial charge in [-0.1, -0.05) is 51.4 Å². The van der Waals surface area contributed by atoms with Gasteiger partial charge in [-0.2, -0.15) is 0 Å². The van der Waals surface area contributed by atoms with Crippen LogP contribution < -0.4 is 25.7 Å². The van der Waals surface area contributed by atoms with Crippen LogP contribution in [0.1, 0.15) is 59.5 Å². The fourth-order valence-corrected chi connectivity index (χ4v) is 10.4. The van der Waals surface area contributed by atoms with Gasteiger partial charge >= 0.3 is 0 Å². The van der Waals surface area contributed by atoms with Crippen molar-refractivity contribution in [3.63, 3.8) is 0 Å². The van der Waals surface area contributed by atoms with Gasteiger partial charge in [0.15, 0.2) is 21.6 Å². The van der Waals surface area contributed by atoms with Crippen LogP contribution in [0.15, 0.2) is 119 Å². The van der Waals surface area contributed by atoms with Crippen molar-refractivity contribution in [1.29, 1.82) is 0 Å². The van der Waals surface area contributed by atoms with Crippen molar-refractivity contribution in [2.75, 3.05) is 36.2 Å². The van der Waals surface area contributed by atoms with Gasteiger partial charge in [0, 0.05) is 26.8 Å². The molecule has 73 heavy (non-hydrogen) atoms. The summed E-state index contributed by atoms with van der Waals surface area (Å²) in [7, 11) is -8.15. The van der Waals surface area contributed by atoms with Gasteiger partial charge in [0.25, 0.3) is 0 Å². The summed E-state index contributed by atoms with van der Waals surface area (Å²) in [5.74, 6) is -2.67. The highest BCUT2D eigenvalue weighted by Crippen LogP contribution is 2.35. The highest BCUT2D eigenvalue weighted by molar-refractivity contribution is 14.1. The molecule has 0 amide bonds. The number of nitrogens with zero attached hydrogens (tertiary/aromatic N) is 4. The van der Waals surface area contributed by atoms with E-state index >= 15 is 0 Å². The van der Waals surface area contributed by atoms with Gasteiger partial charge in [-0.15, -0.1) is 0 Å². The molecule has 0 aliphatic carbocycles. The zero-order valence-electron chi connectivity index (χ0n) is 40.3. The number of Topliss-reactive ketones (excluding diaryl/α,β-unsaturated/α-hetero) is 2. The van der Waals surface area contributed by atoms with Crippen LogP contribution in [0.5, 0.6) is 23.1 Å². The van der Waals surface area contributed by atoms with Crippen molar-refractivity contribution in [3.05, 3.63) is 152 Å². The van der Waals surface area contributed by atoms with E-state index in [-0.39, 0.29) is 55.7 Å². The third-order valence-corrected chi connectivity index (χ3v) is 14.1. The summed E-state index contributed by atoms with van der Waals surface area (Å²) in [4.78, 5) is 42.3. The van der Waals surface area contributed by atoms with Crippen molar-refractivity contribution in [1.82, 2.24) is 19.9 Å². The van der Waals surface area contributed by atoms with Crippen LogP contribution in [0.2, 0.25) is 5.15 Å². The smallest absolute Gasteiger partial charge is 0.230 e. The lowest BCUT2D eigenvalue weighted by atomic mass is 10.1. The van der Waals surface area contributed by atoms with Crippen LogP contribution in [0.3, 0.4) is 0 Å². The maximum Gasteiger partial charge on any atom is 0.230 e. The average molecular weight is 1170 g/mol. The number of ether oxygens (including phenoxy) is 3. The molecule has 7 rings (SSSR count). The van der Waals surface area contributed by atoms with Crippen LogP contribution in [-0.4, -0.2) is 73.1 Å². The minimum Gasteiger partial charge on any atom is -0.493 e. The second-order valence-corrected chi connectivity index (χ2v) is 23.0. The first kappa shape index (κ1) is 55.7. The number of anilines is 2. The van der Waals surface area contributed by atoms with Crippen LogP contribution in [0, 0.1) is 40.9 Å². The predicted molar refractivity (Wildman–Crippen MR) is 284 cm³/mol. The molecule has 0 saturated carbocycles. The molecule has 15 nitrogen and oxygen atoms in total. The van der Waals surface area contributed by atoms with Crippen molar-refractivity contribution in [3.8, 4) is 45.6 Å². The Morgan fingerprint density at radius 2 is 1.05 bits per heavy atom. The SMILES string of the molecule is CC(C)COc1cc(F)cc(-c2ccc(C(=O)CS(=O)(=O)c3cccc(N)n3)c(Cl)n2)c1.Cc1cc(I)cc(C)c1Oc1nc(-c2cc(F)cc(OCC(C)C)c2)ccc1C(=O)CS(=O)(=O)c1cccc(N)n1. The number of ketones is 2. The van der Waals surface area contributed by atoms with Crippen LogP contribution in [0.25, 0.3) is 22.5 Å². The fraction of sp³-hybridized carbons (Fsp3) is 0.231. The number of aromatic nitrogens is 4. The number of aryl methyl sites for hydroxylation is 2. The van der Waals surface area contributed by atoms with Crippen LogP contribution in [-0.2, 0) is 19.7 Å². The van der Waals surface area contributed by atoms with E-state index < -0.39 is 54.4 Å². The number of carbonyl (C=O) groups is 2. The number of nitrogen functional groups attached to an aromatic ring is 2. The van der Waals surface area contributed by atoms with Crippen molar-refractivity contribution in [2.45, 2.75) is 51.6 Å². The Labute approximate surface area is 440 Å². The number of pyridine rings is 4. The summed E-state index contributed by atoms with van der Waals surface area (Å²) in [5, 5.41) is -0.812. The van der Waals surface area contributed by atoms with Crippen LogP contribution >= 0.6 is 34.2 Å². The molecule has 4 heterocycles. The molecule has 0 spiro atoms. The second-order valence-electron chi connectivity index (χ2n) is 17.5. The molecule has 7 aromatic rings. The Bertz CT molecular complexity index is 3420. The van der Waals surface area contributed by atoms with Crippen molar-refractivity contribution >= 4 is 77.1 Å². The van der Waals surface area contributed by atoms with Gasteiger partial charge in [0.05, 0.1) is 35.7 Å². The first-order valence-electron chi connectivity index (χ1n) is 22.3. The molecule has 0 bridgehead atoms. The van der Waals surface area contributed by atoms with Crippen LogP contribution in [0.4, 0.5) is 20.4 Å². The summed E-state index contributed by atoms with van der Waals surface area (Å²) in [5.41, 5.74) is 14.1. The van der Waals surface area contributed by atoms with Gasteiger partial charge in [-0.3, -0.25) is 9.59 Å². The topological polar surface area (TPSA) is 234 Å². The Morgan fingerprint density at radius 1 is 0.616 bits per heavy atom. The molecule has 0 fully saturated rings. The lowest BCUT2D eigenvalue weighted by molar-refractivity contribution is 0.101. The van der Waals surface area contributed by atoms with E-state index in [4.69, 9.17) is 37.3 Å². The molecule has 0 saturated heterocycles. The van der Waals surface area contributed by atoms with E-state index in [0.29, 0.717) is 53.0 Å². The van der Waals surface area contributed by atoms with Gasteiger partial charge < -0.3 is 25.7 Å². The standard InChI is InChI=1S/C30H29FIN3O5S.C22H21ClFN3O4S/c1-17(2)15-39-23-13-20(12-21(31)14-23)25-9-8-24(26(36)16-41(37,38)28-7-5-6-27(33)35-28)30(34-25)40-29-18(3)10-22(32)11-19(29)4;1-13(2)11-31-16-9-14(8-15(24)10-16)18-7-6-17(22(23)26-18)19(28)12-32(29,30)21-5-3-4-20(25)27-21/h5-14,17H,15-16H2,1-4H3,(H2,33,35);3-10,13H,11-12H2,1-2H3,(H2,25,27). The molecule has 0 aliphatic heterocycles. The molecule has 21 heteroatoms. The maximum absolute atomic E-state index is 14.5. The minimum absolute atomic E-state index is 0.0186. The summed E-state index contributed by atoms with van der Waals surface area (Å²) in [6.07, 6.45) is 0. The molecule has 0 aliphatic rings. The summed E-state index contributed by atoms with van der Waals surface area (Å²) < 4.78 is 98.0. The number of carbonyl (C=O) groups excluding carboxylic acids is 2. The molecule has 0 unspecified atom stereocenters. The quantitative estimate of drug-likeness (QED) is 0.0462. The Hall–Kier alpha value is -6.62. The van der Waals surface area contributed by atoms with Crippen molar-refractivity contribution < 1.29 is 49.4 Å². The predicted octanol–water partition coefficient (Wildman–Crippen LogP) is 10.8. The molecular weight excluding hydrogens is 1120 g/mol. The fourth-order valence-electron chi connectivity index (χ4n) is 6.82. The molecular formula is C52H50ClF2IN6O9S2. The number of benzene rings is 3. The molecule has 0 radical (unpaired) electrons. The third kappa shape index (κ3) is 15.2. The third-order valence-electron chi connectivity index (χ3n) is 10.2. The monoisotopic (exact) mass is 1170 g/mol. The summed E-state index contributed by atoms with van der Waals surface area (Å²) >= 11 is 8.36. The molecule has 4 aromatic heterocycles. The molecule has 0 atom stereocenters. The van der Waals surface area contributed by atoms with E-state index in [9.17, 15) is 35.2 Å². The first-order chi connectivity index (χ1) is 34.4. The van der Waals surface area contributed by atoms with Gasteiger partial charge in [0.1, 0.15) is 57.2 Å². The van der Waals surface area contributed by atoms with E-state index in [2.05, 4.69) is 42.5 Å². The first-order valence-corrected chi connectivity index (χ1v) is 27.1. The molecule has 3 aromatic carbocycles. The molecule has 4 N–H and O–H groups in total. The largest absolute Gasteiger partial charge is 0.493 e. The zero-order valence-corrected chi connectivity index (χ0v) is 44.9. The number of halogens is 4. The summed E-state index contributed by atoms with van der Waals surface area (Å²) in [6, 6.07) is 26.3. The Balaban J connectivity index is 0.000000246. The van der Waals surface area contributed by atoms with E-state index in [1.54, 1.807) is 12.1 Å². The summed E-state index contributed by atoms with van der Waals surface area (Å²) in [6.45, 7) is 12.5. The maximum atomic E-state index is 14.5. The zero-order chi connectivity index (χ0) is 53.4. The normalized spacial score (nSPS) is 11.5. The molecule has 382 valence electrons. The highest BCUT2D eigenvalue weighted by atomic mass is 127. The minimum atomic E-state index is -4.12. The van der Waals surface area contributed by atoms with E-state index in [1.165, 1.54) is 84.9 Å². The van der Waals surface area contributed by atoms with Gasteiger partial charge in [0.2, 0.25) is 25.6 Å². The number of hydrogen-bond acceptors (Lipinski definition) is 15. The van der Waals surface area contributed by atoms with Gasteiger partial charge in [-0.25, -0.2) is 45.6 Å². The van der Waals surface area contributed by atoms with E-state index in [0.717, 1.165) is 14.7 Å². The number of nitrogens with two attached hydrogens (primary N) is 2.